The van der Waals surface area contributed by atoms with Crippen LogP contribution in [-0.4, -0.2) is 17.2 Å². The zero-order valence-corrected chi connectivity index (χ0v) is 8.43. The van der Waals surface area contributed by atoms with Gasteiger partial charge in [0.05, 0.1) is 4.90 Å². The van der Waals surface area contributed by atoms with Crippen LogP contribution in [0.3, 0.4) is 0 Å². The molecule has 1 rings (SSSR count). The predicted molar refractivity (Wildman–Crippen MR) is 49.1 cm³/mol. The minimum atomic E-state index is -3.93. The fraction of sp³-hybridized carbons (Fsp3) is 0.143. The van der Waals surface area contributed by atoms with E-state index < -0.39 is 18.0 Å². The van der Waals surface area contributed by atoms with Gasteiger partial charge >= 0.3 is 0 Å². The molecule has 0 heterocycles. The van der Waals surface area contributed by atoms with Crippen LogP contribution in [0.2, 0.25) is 0 Å². The first-order valence-corrected chi connectivity index (χ1v) is 6.48. The molecule has 0 saturated carbocycles. The Bertz CT molecular complexity index is 510. The topological polar surface area (TPSA) is 71.4 Å². The molecular formula is C7H8O4S2. The van der Waals surface area contributed by atoms with Gasteiger partial charge in [-0.2, -0.15) is 8.42 Å². The molecule has 0 aromatic heterocycles. The molecule has 4 nitrogen and oxygen atoms in total. The number of benzene rings is 1. The van der Waals surface area contributed by atoms with Gasteiger partial charge in [0.1, 0.15) is 0 Å². The third-order valence-corrected chi connectivity index (χ3v) is 4.42. The second-order valence-electron chi connectivity index (χ2n) is 2.49. The van der Waals surface area contributed by atoms with Gasteiger partial charge in [0.25, 0.3) is 9.26 Å². The lowest BCUT2D eigenvalue weighted by atomic mass is 10.2. The fourth-order valence-corrected chi connectivity index (χ4v) is 2.23. The molecule has 0 bridgehead atoms. The second kappa shape index (κ2) is 3.49. The highest BCUT2D eigenvalue weighted by Crippen LogP contribution is 2.10. The number of aryl methyl sites for hydroxylation is 1. The Labute approximate surface area is 77.3 Å². The van der Waals surface area contributed by atoms with E-state index in [0.29, 0.717) is 0 Å². The lowest BCUT2D eigenvalue weighted by molar-refractivity contribution is 0.555. The molecule has 0 fully saturated rings. The van der Waals surface area contributed by atoms with Gasteiger partial charge in [-0.05, 0) is 19.1 Å². The standard InChI is InChI=1S/C7H8O4S2/c1-6-2-4-7(5-3-6)13(10,11)12(8)9/h2-5H,1H3,(H,10,11). The summed E-state index contributed by atoms with van der Waals surface area (Å²) in [5, 5.41) is 0. The van der Waals surface area contributed by atoms with Crippen molar-refractivity contribution in [3.8, 4) is 0 Å². The fourth-order valence-electron chi connectivity index (χ4n) is 0.789. The Morgan fingerprint density at radius 2 is 1.69 bits per heavy atom. The van der Waals surface area contributed by atoms with Crippen LogP contribution in [0.15, 0.2) is 29.2 Å². The first kappa shape index (κ1) is 10.2. The molecule has 1 N–H and O–H groups in total. The summed E-state index contributed by atoms with van der Waals surface area (Å²) in [7, 11) is -6.93. The first-order chi connectivity index (χ1) is 5.94. The molecule has 0 radical (unpaired) electrons. The van der Waals surface area contributed by atoms with E-state index in [1.54, 1.807) is 19.1 Å². The van der Waals surface area contributed by atoms with Gasteiger partial charge in [0.15, 0.2) is 0 Å². The van der Waals surface area contributed by atoms with Gasteiger partial charge in [-0.3, -0.25) is 4.55 Å². The summed E-state index contributed by atoms with van der Waals surface area (Å²) < 4.78 is 41.0. The van der Waals surface area contributed by atoms with Crippen molar-refractivity contribution in [1.29, 1.82) is 0 Å². The molecule has 0 saturated heterocycles. The van der Waals surface area contributed by atoms with Gasteiger partial charge in [-0.15, -0.1) is 0 Å². The minimum absolute atomic E-state index is 0.0913. The highest BCUT2D eigenvalue weighted by Gasteiger charge is 2.08. The number of hydrogen-bond donors (Lipinski definition) is 1. The summed E-state index contributed by atoms with van der Waals surface area (Å²) in [6.07, 6.45) is 0. The molecule has 0 aliphatic carbocycles. The van der Waals surface area contributed by atoms with E-state index in [1.165, 1.54) is 12.1 Å². The monoisotopic (exact) mass is 220 g/mol. The van der Waals surface area contributed by atoms with Crippen molar-refractivity contribution in [1.82, 2.24) is 0 Å². The predicted octanol–water partition coefficient (Wildman–Crippen LogP) is 0.905. The van der Waals surface area contributed by atoms with Crippen molar-refractivity contribution in [3.05, 3.63) is 29.8 Å². The van der Waals surface area contributed by atoms with Crippen molar-refractivity contribution in [3.63, 3.8) is 0 Å². The quantitative estimate of drug-likeness (QED) is 0.763. The molecule has 1 aromatic rings. The SMILES string of the molecule is Cc1ccc(S(=O)(O)=S(=O)=O)cc1. The average Bonchev–Trinajstić information content (AvgIpc) is 2.04. The van der Waals surface area contributed by atoms with Crippen molar-refractivity contribution in [2.75, 3.05) is 0 Å². The highest BCUT2D eigenvalue weighted by molar-refractivity contribution is 8.34. The Morgan fingerprint density at radius 3 is 2.08 bits per heavy atom. The van der Waals surface area contributed by atoms with E-state index in [2.05, 4.69) is 0 Å². The number of hydrogen-bond acceptors (Lipinski definition) is 3. The van der Waals surface area contributed by atoms with Crippen LogP contribution in [0, 0.1) is 6.92 Å². The molecule has 0 amide bonds. The van der Waals surface area contributed by atoms with Gasteiger partial charge in [-0.25, -0.2) is 4.21 Å². The molecule has 0 spiro atoms. The van der Waals surface area contributed by atoms with Gasteiger partial charge < -0.3 is 0 Å². The molecule has 0 aliphatic rings. The van der Waals surface area contributed by atoms with Crippen LogP contribution in [0.5, 0.6) is 0 Å². The van der Waals surface area contributed by atoms with E-state index in [9.17, 15) is 12.6 Å². The maximum absolute atomic E-state index is 11.1. The summed E-state index contributed by atoms with van der Waals surface area (Å²) in [6, 6.07) is 5.82. The Morgan fingerprint density at radius 1 is 1.23 bits per heavy atom. The molecule has 6 heteroatoms. The molecule has 1 atom stereocenters. The first-order valence-electron chi connectivity index (χ1n) is 3.37. The van der Waals surface area contributed by atoms with Gasteiger partial charge in [0.2, 0.25) is 8.77 Å². The highest BCUT2D eigenvalue weighted by atomic mass is 32.9. The largest absolute Gasteiger partial charge is 0.299 e. The molecule has 1 unspecified atom stereocenters. The summed E-state index contributed by atoms with van der Waals surface area (Å²) in [5.74, 6) is 0. The lowest BCUT2D eigenvalue weighted by Crippen LogP contribution is -1.99. The van der Waals surface area contributed by atoms with Crippen LogP contribution >= 0.6 is 0 Å². The minimum Gasteiger partial charge on any atom is -0.299 e. The summed E-state index contributed by atoms with van der Waals surface area (Å²) in [6.45, 7) is 1.80. The Kier molecular flexibility index (Phi) is 2.74. The van der Waals surface area contributed by atoms with Crippen molar-refractivity contribution in [2.45, 2.75) is 11.8 Å². The zero-order chi connectivity index (χ0) is 10.1. The molecule has 72 valence electrons. The van der Waals surface area contributed by atoms with Gasteiger partial charge in [-0.1, -0.05) is 17.7 Å². The molecule has 1 aromatic carbocycles. The van der Waals surface area contributed by atoms with E-state index >= 15 is 0 Å². The zero-order valence-electron chi connectivity index (χ0n) is 6.80. The van der Waals surface area contributed by atoms with Crippen LogP contribution in [0.4, 0.5) is 0 Å². The van der Waals surface area contributed by atoms with Crippen molar-refractivity contribution < 1.29 is 17.2 Å². The third kappa shape index (κ3) is 2.09. The van der Waals surface area contributed by atoms with Gasteiger partial charge in [0, 0.05) is 0 Å². The van der Waals surface area contributed by atoms with Crippen LogP contribution < -0.4 is 0 Å². The maximum atomic E-state index is 11.1. The molecule has 0 aliphatic heterocycles. The van der Waals surface area contributed by atoms with E-state index in [1.807, 2.05) is 0 Å². The maximum Gasteiger partial charge on any atom is 0.297 e. The summed E-state index contributed by atoms with van der Waals surface area (Å²) >= 11 is 0. The van der Waals surface area contributed by atoms with E-state index in [-0.39, 0.29) is 4.90 Å². The Hall–Kier alpha value is -0.850. The van der Waals surface area contributed by atoms with Crippen LogP contribution in [-0.2, 0) is 18.0 Å². The lowest BCUT2D eigenvalue weighted by Gasteiger charge is -1.97. The van der Waals surface area contributed by atoms with Crippen molar-refractivity contribution in [2.24, 2.45) is 0 Å². The Balaban J connectivity index is 3.52. The normalized spacial score (nSPS) is 14.9. The summed E-state index contributed by atoms with van der Waals surface area (Å²) in [4.78, 5) is -0.0913. The van der Waals surface area contributed by atoms with Crippen LogP contribution in [0.25, 0.3) is 0 Å². The third-order valence-electron chi connectivity index (χ3n) is 1.50. The summed E-state index contributed by atoms with van der Waals surface area (Å²) in [5.41, 5.74) is 0.899. The molecule has 13 heavy (non-hydrogen) atoms. The van der Waals surface area contributed by atoms with E-state index in [4.69, 9.17) is 4.55 Å². The smallest absolute Gasteiger partial charge is 0.297 e. The van der Waals surface area contributed by atoms with Crippen LogP contribution in [0.1, 0.15) is 5.56 Å². The van der Waals surface area contributed by atoms with E-state index in [0.717, 1.165) is 5.56 Å². The number of rotatable bonds is 1. The average molecular weight is 220 g/mol. The van der Waals surface area contributed by atoms with Crippen molar-refractivity contribution >= 4 is 18.0 Å². The second-order valence-corrected chi connectivity index (χ2v) is 6.49. The molecular weight excluding hydrogens is 212 g/mol.